The van der Waals surface area contributed by atoms with Crippen LogP contribution < -0.4 is 10.5 Å². The maximum atomic E-state index is 12.7. The molecule has 1 aromatic carbocycles. The van der Waals surface area contributed by atoms with Crippen molar-refractivity contribution in [1.82, 2.24) is 9.97 Å². The molecule has 0 bridgehead atoms. The third-order valence-electron chi connectivity index (χ3n) is 4.48. The van der Waals surface area contributed by atoms with Crippen molar-refractivity contribution in [2.24, 2.45) is 0 Å². The SMILES string of the molecule is Cc1ccsc1C[NH+](C)Cc1nc2scc(-c3ccccc3)c2c(=O)[nH]1. The number of thiophene rings is 2. The summed E-state index contributed by atoms with van der Waals surface area (Å²) in [6.07, 6.45) is 0. The fourth-order valence-electron chi connectivity index (χ4n) is 3.12. The predicted molar refractivity (Wildman–Crippen MR) is 109 cm³/mol. The minimum absolute atomic E-state index is 0.0507. The van der Waals surface area contributed by atoms with E-state index in [0.29, 0.717) is 11.9 Å². The Morgan fingerprint density at radius 3 is 2.65 bits per heavy atom. The Kier molecular flexibility index (Phi) is 4.72. The van der Waals surface area contributed by atoms with Crippen molar-refractivity contribution in [3.8, 4) is 11.1 Å². The Morgan fingerprint density at radius 1 is 1.12 bits per heavy atom. The number of fused-ring (bicyclic) bond motifs is 1. The van der Waals surface area contributed by atoms with Crippen LogP contribution in [0.25, 0.3) is 21.3 Å². The first-order valence-corrected chi connectivity index (χ1v) is 10.3. The smallest absolute Gasteiger partial charge is 0.260 e. The highest BCUT2D eigenvalue weighted by atomic mass is 32.1. The molecule has 1 unspecified atom stereocenters. The van der Waals surface area contributed by atoms with Gasteiger partial charge in [0.2, 0.25) is 0 Å². The number of quaternary nitrogens is 1. The van der Waals surface area contributed by atoms with E-state index in [1.807, 2.05) is 35.7 Å². The molecule has 2 N–H and O–H groups in total. The van der Waals surface area contributed by atoms with Crippen LogP contribution in [0.2, 0.25) is 0 Å². The average molecular weight is 383 g/mol. The van der Waals surface area contributed by atoms with Crippen LogP contribution >= 0.6 is 22.7 Å². The molecule has 4 aromatic rings. The highest BCUT2D eigenvalue weighted by Gasteiger charge is 2.15. The van der Waals surface area contributed by atoms with Gasteiger partial charge in [0.15, 0.2) is 5.82 Å². The average Bonchev–Trinajstić information content (AvgIpc) is 3.22. The Morgan fingerprint density at radius 2 is 1.92 bits per heavy atom. The van der Waals surface area contributed by atoms with Crippen LogP contribution in [0.1, 0.15) is 16.3 Å². The van der Waals surface area contributed by atoms with Crippen LogP contribution in [0, 0.1) is 6.92 Å². The van der Waals surface area contributed by atoms with E-state index in [9.17, 15) is 4.79 Å². The van der Waals surface area contributed by atoms with E-state index in [1.54, 1.807) is 11.3 Å². The Balaban J connectivity index is 1.62. The lowest BCUT2D eigenvalue weighted by molar-refractivity contribution is -0.908. The molecule has 4 rings (SSSR count). The fraction of sp³-hybridized carbons (Fsp3) is 0.200. The van der Waals surface area contributed by atoms with Crippen molar-refractivity contribution >= 4 is 32.9 Å². The molecule has 0 fully saturated rings. The van der Waals surface area contributed by atoms with Gasteiger partial charge in [-0.2, -0.15) is 0 Å². The van der Waals surface area contributed by atoms with E-state index < -0.39 is 0 Å². The summed E-state index contributed by atoms with van der Waals surface area (Å²) < 4.78 is 0. The number of aromatic nitrogens is 2. The number of benzene rings is 1. The number of hydrogen-bond acceptors (Lipinski definition) is 4. The number of aryl methyl sites for hydroxylation is 1. The predicted octanol–water partition coefficient (Wildman–Crippen LogP) is 3.24. The van der Waals surface area contributed by atoms with E-state index in [1.165, 1.54) is 26.7 Å². The first-order chi connectivity index (χ1) is 12.6. The van der Waals surface area contributed by atoms with E-state index >= 15 is 0 Å². The fourth-order valence-corrected chi connectivity index (χ4v) is 5.10. The number of hydrogen-bond donors (Lipinski definition) is 2. The molecular weight excluding hydrogens is 362 g/mol. The number of H-pyrrole nitrogens is 1. The molecule has 0 spiro atoms. The van der Waals surface area contributed by atoms with E-state index in [4.69, 9.17) is 4.98 Å². The van der Waals surface area contributed by atoms with Crippen LogP contribution in [-0.2, 0) is 13.1 Å². The van der Waals surface area contributed by atoms with E-state index in [-0.39, 0.29) is 5.56 Å². The zero-order valence-electron chi connectivity index (χ0n) is 14.7. The van der Waals surface area contributed by atoms with Crippen LogP contribution in [0.15, 0.2) is 52.0 Å². The lowest BCUT2D eigenvalue weighted by Crippen LogP contribution is -3.06. The Bertz CT molecular complexity index is 1100. The van der Waals surface area contributed by atoms with Gasteiger partial charge in [-0.05, 0) is 29.5 Å². The van der Waals surface area contributed by atoms with E-state index in [0.717, 1.165) is 28.3 Å². The molecule has 0 aliphatic carbocycles. The molecule has 1 atom stereocenters. The number of aromatic amines is 1. The molecular formula is C20H20N3OS2+. The normalized spacial score (nSPS) is 12.5. The third-order valence-corrected chi connectivity index (χ3v) is 6.37. The highest BCUT2D eigenvalue weighted by Crippen LogP contribution is 2.30. The first-order valence-electron chi connectivity index (χ1n) is 8.52. The first kappa shape index (κ1) is 17.1. The molecule has 3 heterocycles. The zero-order chi connectivity index (χ0) is 18.1. The van der Waals surface area contributed by atoms with Gasteiger partial charge in [0, 0.05) is 10.9 Å². The number of nitrogens with zero attached hydrogens (tertiary/aromatic N) is 1. The van der Waals surface area contributed by atoms with Crippen molar-refractivity contribution < 1.29 is 4.90 Å². The summed E-state index contributed by atoms with van der Waals surface area (Å²) in [5.41, 5.74) is 3.29. The summed E-state index contributed by atoms with van der Waals surface area (Å²) >= 11 is 3.32. The molecule has 0 saturated carbocycles. The Hall–Kier alpha value is -2.28. The molecule has 4 nitrogen and oxygen atoms in total. The molecule has 0 radical (unpaired) electrons. The van der Waals surface area contributed by atoms with Crippen molar-refractivity contribution in [2.75, 3.05) is 7.05 Å². The van der Waals surface area contributed by atoms with Gasteiger partial charge >= 0.3 is 0 Å². The molecule has 0 saturated heterocycles. The summed E-state index contributed by atoms with van der Waals surface area (Å²) in [6, 6.07) is 12.1. The second kappa shape index (κ2) is 7.15. The highest BCUT2D eigenvalue weighted by molar-refractivity contribution is 7.17. The topological polar surface area (TPSA) is 50.2 Å². The minimum Gasteiger partial charge on any atom is -0.327 e. The van der Waals surface area contributed by atoms with Crippen molar-refractivity contribution in [2.45, 2.75) is 20.0 Å². The minimum atomic E-state index is -0.0507. The third kappa shape index (κ3) is 3.35. The van der Waals surface area contributed by atoms with Crippen molar-refractivity contribution in [3.63, 3.8) is 0 Å². The number of rotatable bonds is 5. The maximum absolute atomic E-state index is 12.7. The largest absolute Gasteiger partial charge is 0.327 e. The molecule has 0 amide bonds. The van der Waals surface area contributed by atoms with Crippen LogP contribution in [0.5, 0.6) is 0 Å². The van der Waals surface area contributed by atoms with Crippen molar-refractivity contribution in [1.29, 1.82) is 0 Å². The lowest BCUT2D eigenvalue weighted by Gasteiger charge is -2.13. The number of nitrogens with one attached hydrogen (secondary N) is 2. The van der Waals surface area contributed by atoms with Gasteiger partial charge < -0.3 is 9.88 Å². The molecule has 26 heavy (non-hydrogen) atoms. The van der Waals surface area contributed by atoms with Gasteiger partial charge in [-0.1, -0.05) is 30.3 Å². The van der Waals surface area contributed by atoms with Gasteiger partial charge in [0.05, 0.1) is 17.3 Å². The maximum Gasteiger partial charge on any atom is 0.260 e. The molecule has 6 heteroatoms. The van der Waals surface area contributed by atoms with Gasteiger partial charge in [0.1, 0.15) is 17.9 Å². The monoisotopic (exact) mass is 382 g/mol. The second-order valence-electron chi connectivity index (χ2n) is 6.55. The summed E-state index contributed by atoms with van der Waals surface area (Å²) in [5, 5.41) is 4.84. The summed E-state index contributed by atoms with van der Waals surface area (Å²) in [5.74, 6) is 0.746. The lowest BCUT2D eigenvalue weighted by atomic mass is 10.1. The summed E-state index contributed by atoms with van der Waals surface area (Å²) in [7, 11) is 2.13. The summed E-state index contributed by atoms with van der Waals surface area (Å²) in [6.45, 7) is 3.77. The van der Waals surface area contributed by atoms with E-state index in [2.05, 4.69) is 30.4 Å². The standard InChI is InChI=1S/C20H19N3OS2/c1-13-8-9-25-16(13)10-23(2)11-17-21-19(24)18-15(12-26-20(18)22-17)14-6-4-3-5-7-14/h3-9,12H,10-11H2,1-2H3,(H,21,22,24)/p+1. The quantitative estimate of drug-likeness (QED) is 0.557. The molecule has 0 aliphatic heterocycles. The van der Waals surface area contributed by atoms with Crippen LogP contribution in [0.4, 0.5) is 0 Å². The molecule has 3 aromatic heterocycles. The molecule has 132 valence electrons. The van der Waals surface area contributed by atoms with Crippen molar-refractivity contribution in [3.05, 3.63) is 73.8 Å². The Labute approximate surface area is 159 Å². The zero-order valence-corrected chi connectivity index (χ0v) is 16.3. The summed E-state index contributed by atoms with van der Waals surface area (Å²) in [4.78, 5) is 23.9. The van der Waals surface area contributed by atoms with Gasteiger partial charge in [-0.3, -0.25) is 4.79 Å². The van der Waals surface area contributed by atoms with Gasteiger partial charge in [0.25, 0.3) is 5.56 Å². The van der Waals surface area contributed by atoms with Gasteiger partial charge in [-0.15, -0.1) is 22.7 Å². The van der Waals surface area contributed by atoms with Crippen LogP contribution in [0.3, 0.4) is 0 Å². The van der Waals surface area contributed by atoms with Crippen LogP contribution in [-0.4, -0.2) is 17.0 Å². The molecule has 0 aliphatic rings. The second-order valence-corrected chi connectivity index (χ2v) is 8.40. The van der Waals surface area contributed by atoms with Gasteiger partial charge in [-0.25, -0.2) is 4.98 Å².